The van der Waals surface area contributed by atoms with Crippen LogP contribution in [0.15, 0.2) is 217 Å². The van der Waals surface area contributed by atoms with Crippen LogP contribution in [0.4, 0.5) is 17.1 Å². The SMILES string of the molecule is c1ccc(-c2ccc(N(c3ccccc3)c3cccc4c3oc3cc(-c5cc(-c6ccccc6)cc(-c6ccccc6)c5)c5ccccc5c34)cc2)cc1. The van der Waals surface area contributed by atoms with Gasteiger partial charge < -0.3 is 9.32 Å². The standard InChI is InChI=1S/C52H35NO/c1-5-16-36(17-6-1)39-28-30-44(31-29-39)53(43-22-11-4-12-23-43)49-27-15-26-47-51-46-25-14-13-24-45(46)48(35-50(51)54-52(47)49)42-33-40(37-18-7-2-8-19-37)32-41(34-42)38-20-9-3-10-21-38/h1-35H. The van der Waals surface area contributed by atoms with E-state index < -0.39 is 0 Å². The zero-order valence-electron chi connectivity index (χ0n) is 29.6. The van der Waals surface area contributed by atoms with Crippen molar-refractivity contribution in [3.63, 3.8) is 0 Å². The summed E-state index contributed by atoms with van der Waals surface area (Å²) in [6.45, 7) is 0. The quantitative estimate of drug-likeness (QED) is 0.166. The molecular formula is C52H35NO. The molecule has 0 atom stereocenters. The highest BCUT2D eigenvalue weighted by molar-refractivity contribution is 6.23. The molecule has 2 heteroatoms. The Morgan fingerprint density at radius 2 is 0.778 bits per heavy atom. The van der Waals surface area contributed by atoms with E-state index in [1.165, 1.54) is 44.2 Å². The molecule has 2 nitrogen and oxygen atoms in total. The molecule has 254 valence electrons. The van der Waals surface area contributed by atoms with Crippen molar-refractivity contribution in [2.24, 2.45) is 0 Å². The molecule has 1 heterocycles. The minimum Gasteiger partial charge on any atom is -0.454 e. The van der Waals surface area contributed by atoms with Gasteiger partial charge in [-0.3, -0.25) is 0 Å². The number of rotatable bonds is 7. The molecule has 0 aliphatic heterocycles. The van der Waals surface area contributed by atoms with Gasteiger partial charge in [0.05, 0.1) is 5.69 Å². The molecule has 1 aromatic heterocycles. The number of benzene rings is 9. The molecule has 0 spiro atoms. The smallest absolute Gasteiger partial charge is 0.159 e. The maximum atomic E-state index is 7.06. The lowest BCUT2D eigenvalue weighted by atomic mass is 9.90. The van der Waals surface area contributed by atoms with Gasteiger partial charge in [-0.1, -0.05) is 158 Å². The van der Waals surface area contributed by atoms with E-state index >= 15 is 0 Å². The first kappa shape index (κ1) is 31.6. The molecule has 54 heavy (non-hydrogen) atoms. The Morgan fingerprint density at radius 3 is 1.39 bits per heavy atom. The second-order valence-corrected chi connectivity index (χ2v) is 13.7. The third kappa shape index (κ3) is 5.62. The minimum absolute atomic E-state index is 0.855. The van der Waals surface area contributed by atoms with E-state index in [-0.39, 0.29) is 0 Å². The van der Waals surface area contributed by atoms with Crippen LogP contribution < -0.4 is 4.90 Å². The summed E-state index contributed by atoms with van der Waals surface area (Å²) in [7, 11) is 0. The summed E-state index contributed by atoms with van der Waals surface area (Å²) >= 11 is 0. The average molecular weight is 690 g/mol. The van der Waals surface area contributed by atoms with Gasteiger partial charge in [-0.05, 0) is 110 Å². The summed E-state index contributed by atoms with van der Waals surface area (Å²) in [5, 5.41) is 4.58. The fraction of sp³-hybridized carbons (Fsp3) is 0. The molecule has 0 N–H and O–H groups in total. The van der Waals surface area contributed by atoms with E-state index in [9.17, 15) is 0 Å². The molecule has 0 fully saturated rings. The fourth-order valence-electron chi connectivity index (χ4n) is 7.88. The third-order valence-corrected chi connectivity index (χ3v) is 10.4. The summed E-state index contributed by atoms with van der Waals surface area (Å²) in [5.41, 5.74) is 14.2. The van der Waals surface area contributed by atoms with Gasteiger partial charge in [-0.2, -0.15) is 0 Å². The Balaban J connectivity index is 1.19. The number of nitrogens with zero attached hydrogens (tertiary/aromatic N) is 1. The highest BCUT2D eigenvalue weighted by Gasteiger charge is 2.22. The van der Waals surface area contributed by atoms with Crippen LogP contribution in [0, 0.1) is 0 Å². The highest BCUT2D eigenvalue weighted by Crippen LogP contribution is 2.46. The zero-order valence-corrected chi connectivity index (χ0v) is 29.6. The van der Waals surface area contributed by atoms with Crippen molar-refractivity contribution in [1.29, 1.82) is 0 Å². The van der Waals surface area contributed by atoms with E-state index in [2.05, 4.69) is 217 Å². The summed E-state index contributed by atoms with van der Waals surface area (Å²) in [6.07, 6.45) is 0. The molecule has 0 radical (unpaired) electrons. The third-order valence-electron chi connectivity index (χ3n) is 10.4. The largest absolute Gasteiger partial charge is 0.454 e. The van der Waals surface area contributed by atoms with Crippen molar-refractivity contribution >= 4 is 49.8 Å². The second kappa shape index (κ2) is 13.4. The number of hydrogen-bond donors (Lipinski definition) is 0. The Kier molecular flexibility index (Phi) is 7.85. The van der Waals surface area contributed by atoms with Gasteiger partial charge in [0, 0.05) is 22.1 Å². The Hall–Kier alpha value is -7.16. The maximum Gasteiger partial charge on any atom is 0.159 e. The molecule has 10 rings (SSSR count). The Morgan fingerprint density at radius 1 is 0.315 bits per heavy atom. The van der Waals surface area contributed by atoms with Crippen LogP contribution in [0.1, 0.15) is 0 Å². The van der Waals surface area contributed by atoms with E-state index in [0.717, 1.165) is 50.1 Å². The van der Waals surface area contributed by atoms with Gasteiger partial charge >= 0.3 is 0 Å². The van der Waals surface area contributed by atoms with Gasteiger partial charge in [0.2, 0.25) is 0 Å². The summed E-state index contributed by atoms with van der Waals surface area (Å²) in [4.78, 5) is 2.30. The lowest BCUT2D eigenvalue weighted by Gasteiger charge is -2.25. The first-order valence-corrected chi connectivity index (χ1v) is 18.4. The molecular weight excluding hydrogens is 655 g/mol. The summed E-state index contributed by atoms with van der Waals surface area (Å²) < 4.78 is 7.06. The monoisotopic (exact) mass is 689 g/mol. The van der Waals surface area contributed by atoms with Crippen LogP contribution in [0.2, 0.25) is 0 Å². The van der Waals surface area contributed by atoms with Gasteiger partial charge in [0.25, 0.3) is 0 Å². The van der Waals surface area contributed by atoms with Gasteiger partial charge in [-0.15, -0.1) is 0 Å². The summed E-state index contributed by atoms with van der Waals surface area (Å²) in [5.74, 6) is 0. The van der Waals surface area contributed by atoms with E-state index in [4.69, 9.17) is 4.42 Å². The normalized spacial score (nSPS) is 11.3. The van der Waals surface area contributed by atoms with Crippen LogP contribution in [-0.4, -0.2) is 0 Å². The first-order chi connectivity index (χ1) is 26.8. The molecule has 0 aliphatic rings. The molecule has 10 aromatic rings. The van der Waals surface area contributed by atoms with E-state index in [1.54, 1.807) is 0 Å². The molecule has 9 aromatic carbocycles. The van der Waals surface area contributed by atoms with Crippen LogP contribution in [0.25, 0.3) is 77.2 Å². The van der Waals surface area contributed by atoms with Crippen molar-refractivity contribution in [1.82, 2.24) is 0 Å². The number of anilines is 3. The molecule has 0 amide bonds. The number of furan rings is 1. The zero-order chi connectivity index (χ0) is 35.8. The molecule has 0 aliphatic carbocycles. The van der Waals surface area contributed by atoms with Crippen LogP contribution >= 0.6 is 0 Å². The van der Waals surface area contributed by atoms with Crippen molar-refractivity contribution in [3.05, 3.63) is 212 Å². The van der Waals surface area contributed by atoms with Crippen LogP contribution in [-0.2, 0) is 0 Å². The number of para-hydroxylation sites is 2. The predicted molar refractivity (Wildman–Crippen MR) is 228 cm³/mol. The van der Waals surface area contributed by atoms with Crippen molar-refractivity contribution in [2.45, 2.75) is 0 Å². The molecule has 0 unspecified atom stereocenters. The lowest BCUT2D eigenvalue weighted by Crippen LogP contribution is -2.10. The second-order valence-electron chi connectivity index (χ2n) is 13.7. The highest BCUT2D eigenvalue weighted by atomic mass is 16.3. The van der Waals surface area contributed by atoms with Gasteiger partial charge in [-0.25, -0.2) is 0 Å². The number of fused-ring (bicyclic) bond motifs is 5. The van der Waals surface area contributed by atoms with E-state index in [0.29, 0.717) is 0 Å². The topological polar surface area (TPSA) is 16.4 Å². The Labute approximate surface area is 314 Å². The average Bonchev–Trinajstić information content (AvgIpc) is 3.65. The van der Waals surface area contributed by atoms with Crippen molar-refractivity contribution in [3.8, 4) is 44.5 Å². The minimum atomic E-state index is 0.855. The molecule has 0 saturated heterocycles. The maximum absolute atomic E-state index is 7.06. The van der Waals surface area contributed by atoms with Crippen LogP contribution in [0.3, 0.4) is 0 Å². The van der Waals surface area contributed by atoms with Gasteiger partial charge in [0.15, 0.2) is 5.58 Å². The van der Waals surface area contributed by atoms with E-state index in [1.807, 2.05) is 0 Å². The lowest BCUT2D eigenvalue weighted by molar-refractivity contribution is 0.669. The molecule has 0 saturated carbocycles. The first-order valence-electron chi connectivity index (χ1n) is 18.4. The van der Waals surface area contributed by atoms with Crippen LogP contribution in [0.5, 0.6) is 0 Å². The number of hydrogen-bond acceptors (Lipinski definition) is 2. The van der Waals surface area contributed by atoms with Crippen molar-refractivity contribution < 1.29 is 4.42 Å². The Bertz CT molecular complexity index is 2840. The molecule has 0 bridgehead atoms. The fourth-order valence-corrected chi connectivity index (χ4v) is 7.88. The summed E-state index contributed by atoms with van der Waals surface area (Å²) in [6, 6.07) is 75.6. The predicted octanol–water partition coefficient (Wildman–Crippen LogP) is 14.9. The van der Waals surface area contributed by atoms with Crippen molar-refractivity contribution in [2.75, 3.05) is 4.90 Å². The van der Waals surface area contributed by atoms with Gasteiger partial charge in [0.1, 0.15) is 5.58 Å².